The summed E-state index contributed by atoms with van der Waals surface area (Å²) in [7, 11) is 1.60. The highest BCUT2D eigenvalue weighted by Gasteiger charge is 2.18. The summed E-state index contributed by atoms with van der Waals surface area (Å²) in [5.74, 6) is 4.97. The molecule has 0 aliphatic heterocycles. The number of pyridine rings is 1. The van der Waals surface area contributed by atoms with Crippen LogP contribution in [0.5, 0.6) is 0 Å². The standard InChI is InChI=1S/C14H18N2O3/c1-14(2,19-3)10-16-13(18)12-7-6-11(9-15-12)5-4-8-17/h6-7,9,17H,8,10H2,1-3H3,(H,16,18). The van der Waals surface area contributed by atoms with Crippen LogP contribution < -0.4 is 5.32 Å². The molecule has 0 spiro atoms. The average Bonchev–Trinajstić information content (AvgIpc) is 2.43. The van der Waals surface area contributed by atoms with Crippen molar-refractivity contribution in [3.8, 4) is 11.8 Å². The van der Waals surface area contributed by atoms with Crippen LogP contribution in [0.3, 0.4) is 0 Å². The van der Waals surface area contributed by atoms with E-state index in [0.29, 0.717) is 17.8 Å². The Hall–Kier alpha value is -1.90. The van der Waals surface area contributed by atoms with Gasteiger partial charge >= 0.3 is 0 Å². The number of nitrogens with zero attached hydrogens (tertiary/aromatic N) is 1. The van der Waals surface area contributed by atoms with Crippen LogP contribution in [-0.4, -0.2) is 41.9 Å². The van der Waals surface area contributed by atoms with E-state index in [1.165, 1.54) is 6.20 Å². The minimum Gasteiger partial charge on any atom is -0.384 e. The van der Waals surface area contributed by atoms with Gasteiger partial charge in [-0.05, 0) is 26.0 Å². The average molecular weight is 262 g/mol. The van der Waals surface area contributed by atoms with Gasteiger partial charge in [-0.15, -0.1) is 0 Å². The zero-order chi connectivity index (χ0) is 14.3. The number of ether oxygens (including phenoxy) is 1. The van der Waals surface area contributed by atoms with Gasteiger partial charge in [0, 0.05) is 25.4 Å². The molecule has 0 saturated heterocycles. The van der Waals surface area contributed by atoms with Crippen LogP contribution in [0.25, 0.3) is 0 Å². The number of aliphatic hydroxyl groups excluding tert-OH is 1. The number of carbonyl (C=O) groups is 1. The SMILES string of the molecule is COC(C)(C)CNC(=O)c1ccc(C#CCO)cn1. The molecule has 1 rings (SSSR count). The molecular formula is C14H18N2O3. The summed E-state index contributed by atoms with van der Waals surface area (Å²) < 4.78 is 5.21. The van der Waals surface area contributed by atoms with Gasteiger partial charge in [0.2, 0.25) is 0 Å². The van der Waals surface area contributed by atoms with Crippen LogP contribution >= 0.6 is 0 Å². The Kier molecular flexibility index (Phi) is 5.49. The molecule has 1 amide bonds. The van der Waals surface area contributed by atoms with E-state index in [2.05, 4.69) is 22.1 Å². The van der Waals surface area contributed by atoms with Crippen molar-refractivity contribution in [2.45, 2.75) is 19.4 Å². The summed E-state index contributed by atoms with van der Waals surface area (Å²) >= 11 is 0. The highest BCUT2D eigenvalue weighted by molar-refractivity contribution is 5.92. The maximum absolute atomic E-state index is 11.8. The number of amides is 1. The van der Waals surface area contributed by atoms with Gasteiger partial charge in [0.1, 0.15) is 12.3 Å². The number of rotatable bonds is 4. The van der Waals surface area contributed by atoms with E-state index in [9.17, 15) is 4.79 Å². The lowest BCUT2D eigenvalue weighted by Crippen LogP contribution is -2.39. The lowest BCUT2D eigenvalue weighted by Gasteiger charge is -2.22. The molecule has 102 valence electrons. The molecule has 5 heteroatoms. The topological polar surface area (TPSA) is 71.5 Å². The Labute approximate surface area is 113 Å². The maximum atomic E-state index is 11.8. The molecule has 0 bridgehead atoms. The second-order valence-electron chi connectivity index (χ2n) is 4.54. The fourth-order valence-electron chi connectivity index (χ4n) is 1.20. The van der Waals surface area contributed by atoms with Crippen molar-refractivity contribution in [1.29, 1.82) is 0 Å². The Morgan fingerprint density at radius 2 is 2.26 bits per heavy atom. The number of aromatic nitrogens is 1. The van der Waals surface area contributed by atoms with Crippen molar-refractivity contribution in [3.63, 3.8) is 0 Å². The first-order valence-electron chi connectivity index (χ1n) is 5.87. The molecule has 0 saturated carbocycles. The Balaban J connectivity index is 2.63. The third-order valence-electron chi connectivity index (χ3n) is 2.54. The molecule has 0 unspecified atom stereocenters. The normalized spacial score (nSPS) is 10.5. The minimum absolute atomic E-state index is 0.200. The van der Waals surface area contributed by atoms with E-state index in [4.69, 9.17) is 9.84 Å². The molecule has 0 aromatic carbocycles. The second-order valence-corrected chi connectivity index (χ2v) is 4.54. The first kappa shape index (κ1) is 15.2. The van der Waals surface area contributed by atoms with Crippen LogP contribution in [-0.2, 0) is 4.74 Å². The van der Waals surface area contributed by atoms with E-state index >= 15 is 0 Å². The second kappa shape index (κ2) is 6.88. The number of hydrogen-bond donors (Lipinski definition) is 2. The van der Waals surface area contributed by atoms with Crippen molar-refractivity contribution in [2.75, 3.05) is 20.3 Å². The fourth-order valence-corrected chi connectivity index (χ4v) is 1.20. The first-order valence-corrected chi connectivity index (χ1v) is 5.87. The molecular weight excluding hydrogens is 244 g/mol. The van der Waals surface area contributed by atoms with Gasteiger partial charge < -0.3 is 15.2 Å². The molecule has 0 atom stereocenters. The molecule has 19 heavy (non-hydrogen) atoms. The van der Waals surface area contributed by atoms with Gasteiger partial charge in [0.05, 0.1) is 5.60 Å². The van der Waals surface area contributed by atoms with Crippen molar-refractivity contribution >= 4 is 5.91 Å². The number of carbonyl (C=O) groups excluding carboxylic acids is 1. The minimum atomic E-state index is -0.414. The molecule has 1 aromatic heterocycles. The molecule has 0 aliphatic carbocycles. The fraction of sp³-hybridized carbons (Fsp3) is 0.429. The van der Waals surface area contributed by atoms with E-state index in [1.54, 1.807) is 19.2 Å². The third-order valence-corrected chi connectivity index (χ3v) is 2.54. The molecule has 1 aromatic rings. The third kappa shape index (κ3) is 5.08. The van der Waals surface area contributed by atoms with Crippen LogP contribution in [0.4, 0.5) is 0 Å². The van der Waals surface area contributed by atoms with Crippen molar-refractivity contribution in [1.82, 2.24) is 10.3 Å². The molecule has 0 radical (unpaired) electrons. The zero-order valence-electron chi connectivity index (χ0n) is 11.4. The molecule has 2 N–H and O–H groups in total. The lowest BCUT2D eigenvalue weighted by molar-refractivity contribution is 0.0228. The van der Waals surface area contributed by atoms with E-state index < -0.39 is 5.60 Å². The summed E-state index contributed by atoms with van der Waals surface area (Å²) in [4.78, 5) is 15.8. The smallest absolute Gasteiger partial charge is 0.269 e. The predicted octanol–water partition coefficient (Wildman–Crippen LogP) is 0.580. The predicted molar refractivity (Wildman–Crippen MR) is 71.6 cm³/mol. The van der Waals surface area contributed by atoms with Crippen LogP contribution in [0.2, 0.25) is 0 Å². The Morgan fingerprint density at radius 3 is 2.79 bits per heavy atom. The maximum Gasteiger partial charge on any atom is 0.269 e. The highest BCUT2D eigenvalue weighted by atomic mass is 16.5. The number of methoxy groups -OCH3 is 1. The van der Waals surface area contributed by atoms with E-state index in [-0.39, 0.29) is 12.5 Å². The molecule has 5 nitrogen and oxygen atoms in total. The summed E-state index contributed by atoms with van der Waals surface area (Å²) in [5.41, 5.74) is 0.562. The van der Waals surface area contributed by atoms with Gasteiger partial charge in [-0.1, -0.05) is 11.8 Å². The number of nitrogens with one attached hydrogen (secondary N) is 1. The van der Waals surface area contributed by atoms with Crippen molar-refractivity contribution in [3.05, 3.63) is 29.6 Å². The largest absolute Gasteiger partial charge is 0.384 e. The van der Waals surface area contributed by atoms with Crippen LogP contribution in [0.15, 0.2) is 18.3 Å². The van der Waals surface area contributed by atoms with Crippen molar-refractivity contribution in [2.24, 2.45) is 0 Å². The Morgan fingerprint density at radius 1 is 1.53 bits per heavy atom. The lowest BCUT2D eigenvalue weighted by atomic mass is 10.1. The molecule has 0 fully saturated rings. The van der Waals surface area contributed by atoms with Gasteiger partial charge in [0.25, 0.3) is 5.91 Å². The van der Waals surface area contributed by atoms with E-state index in [1.807, 2.05) is 13.8 Å². The van der Waals surface area contributed by atoms with Gasteiger partial charge in [-0.2, -0.15) is 0 Å². The van der Waals surface area contributed by atoms with Gasteiger partial charge in [0.15, 0.2) is 0 Å². The molecule has 1 heterocycles. The highest BCUT2D eigenvalue weighted by Crippen LogP contribution is 2.05. The number of aliphatic hydroxyl groups is 1. The van der Waals surface area contributed by atoms with Gasteiger partial charge in [-0.25, -0.2) is 4.98 Å². The first-order chi connectivity index (χ1) is 8.98. The van der Waals surface area contributed by atoms with Crippen LogP contribution in [0.1, 0.15) is 29.9 Å². The quantitative estimate of drug-likeness (QED) is 0.779. The summed E-state index contributed by atoms with van der Waals surface area (Å²) in [6, 6.07) is 3.28. The number of hydrogen-bond acceptors (Lipinski definition) is 4. The van der Waals surface area contributed by atoms with Crippen LogP contribution in [0, 0.1) is 11.8 Å². The van der Waals surface area contributed by atoms with Gasteiger partial charge in [-0.3, -0.25) is 4.79 Å². The summed E-state index contributed by atoms with van der Waals surface area (Å²) in [6.45, 7) is 3.97. The Bertz CT molecular complexity index is 484. The van der Waals surface area contributed by atoms with E-state index in [0.717, 1.165) is 0 Å². The molecule has 0 aliphatic rings. The summed E-state index contributed by atoms with van der Waals surface area (Å²) in [5, 5.41) is 11.3. The zero-order valence-corrected chi connectivity index (χ0v) is 11.4. The summed E-state index contributed by atoms with van der Waals surface area (Å²) in [6.07, 6.45) is 1.50. The monoisotopic (exact) mass is 262 g/mol. The van der Waals surface area contributed by atoms with Crippen molar-refractivity contribution < 1.29 is 14.6 Å².